The van der Waals surface area contributed by atoms with Crippen molar-refractivity contribution in [3.8, 4) is 5.88 Å². The van der Waals surface area contributed by atoms with E-state index in [1.54, 1.807) is 33.0 Å². The van der Waals surface area contributed by atoms with E-state index in [0.717, 1.165) is 41.8 Å². The first-order chi connectivity index (χ1) is 22.8. The number of rotatable bonds is 7. The van der Waals surface area contributed by atoms with Crippen LogP contribution in [0.3, 0.4) is 0 Å². The van der Waals surface area contributed by atoms with Gasteiger partial charge in [-0.15, -0.1) is 0 Å². The van der Waals surface area contributed by atoms with Gasteiger partial charge in [0.1, 0.15) is 5.60 Å². The summed E-state index contributed by atoms with van der Waals surface area (Å²) < 4.78 is 11.4. The third-order valence-electron chi connectivity index (χ3n) is 9.73. The fourth-order valence-corrected chi connectivity index (χ4v) is 7.05. The van der Waals surface area contributed by atoms with Gasteiger partial charge in [-0.25, -0.2) is 14.9 Å². The van der Waals surface area contributed by atoms with Gasteiger partial charge in [0.25, 0.3) is 5.56 Å². The van der Waals surface area contributed by atoms with E-state index in [1.807, 2.05) is 29.2 Å². The van der Waals surface area contributed by atoms with Crippen LogP contribution in [0.15, 0.2) is 53.5 Å². The molecule has 1 saturated carbocycles. The minimum Gasteiger partial charge on any atom is -0.477 e. The number of ether oxygens (including phenoxy) is 2. The number of carbonyl (C=O) groups is 2. The van der Waals surface area contributed by atoms with E-state index < -0.39 is 17.1 Å². The number of nitrogens with zero attached hydrogens (tertiary/aromatic N) is 4. The SMILES string of the molecule is CC(C)(C)OC(=O)NCc1n[nH]c(=O)c2ccc(C3(C(=O)N(Cc4ccc5c(n4)OCC5(C)C)C4CCCc5cccnc54)CC3)cc12. The summed E-state index contributed by atoms with van der Waals surface area (Å²) in [7, 11) is 0. The van der Waals surface area contributed by atoms with E-state index in [0.29, 0.717) is 48.3 Å². The molecule has 11 nitrogen and oxygen atoms in total. The molecule has 0 radical (unpaired) electrons. The number of hydrogen-bond donors (Lipinski definition) is 2. The van der Waals surface area contributed by atoms with E-state index in [2.05, 4.69) is 41.5 Å². The predicted molar refractivity (Wildman–Crippen MR) is 180 cm³/mol. The summed E-state index contributed by atoms with van der Waals surface area (Å²) in [6, 6.07) is 13.5. The predicted octanol–water partition coefficient (Wildman–Crippen LogP) is 5.55. The van der Waals surface area contributed by atoms with Gasteiger partial charge >= 0.3 is 6.09 Å². The highest BCUT2D eigenvalue weighted by Crippen LogP contribution is 2.52. The lowest BCUT2D eigenvalue weighted by Gasteiger charge is -2.37. The summed E-state index contributed by atoms with van der Waals surface area (Å²) in [5.41, 5.74) is 3.37. The molecule has 3 aliphatic rings. The monoisotopic (exact) mass is 650 g/mol. The van der Waals surface area contributed by atoms with Crippen LogP contribution in [0.1, 0.15) is 100 Å². The van der Waals surface area contributed by atoms with Crippen molar-refractivity contribution in [3.05, 3.63) is 92.8 Å². The van der Waals surface area contributed by atoms with Crippen molar-refractivity contribution in [3.63, 3.8) is 0 Å². The first-order valence-corrected chi connectivity index (χ1v) is 16.7. The van der Waals surface area contributed by atoms with Crippen molar-refractivity contribution < 1.29 is 19.1 Å². The van der Waals surface area contributed by atoms with Gasteiger partial charge in [0.05, 0.1) is 53.6 Å². The van der Waals surface area contributed by atoms with E-state index in [1.165, 1.54) is 5.56 Å². The highest BCUT2D eigenvalue weighted by molar-refractivity contribution is 5.94. The summed E-state index contributed by atoms with van der Waals surface area (Å²) >= 11 is 0. The van der Waals surface area contributed by atoms with Crippen molar-refractivity contribution in [2.24, 2.45) is 0 Å². The minimum absolute atomic E-state index is 0.0140. The number of pyridine rings is 2. The van der Waals surface area contributed by atoms with Crippen LogP contribution in [0.4, 0.5) is 4.79 Å². The third kappa shape index (κ3) is 5.90. The molecule has 1 unspecified atom stereocenters. The average molecular weight is 651 g/mol. The molecule has 3 aromatic heterocycles. The van der Waals surface area contributed by atoms with Crippen LogP contribution in [0.25, 0.3) is 10.8 Å². The molecule has 2 N–H and O–H groups in total. The molecule has 1 aliphatic heterocycles. The van der Waals surface area contributed by atoms with Crippen LogP contribution < -0.4 is 15.6 Å². The molecule has 1 aromatic carbocycles. The van der Waals surface area contributed by atoms with E-state index >= 15 is 0 Å². The highest BCUT2D eigenvalue weighted by Gasteiger charge is 2.54. The molecule has 7 rings (SSSR count). The molecule has 2 aliphatic carbocycles. The number of nitrogens with one attached hydrogen (secondary N) is 2. The van der Waals surface area contributed by atoms with Gasteiger partial charge in [-0.3, -0.25) is 14.6 Å². The number of hydrogen-bond acceptors (Lipinski definition) is 8. The molecule has 0 saturated heterocycles. The van der Waals surface area contributed by atoms with Crippen molar-refractivity contribution in [2.75, 3.05) is 6.61 Å². The lowest BCUT2D eigenvalue weighted by Crippen LogP contribution is -2.43. The molecule has 1 fully saturated rings. The van der Waals surface area contributed by atoms with Crippen molar-refractivity contribution in [1.82, 2.24) is 30.4 Å². The van der Waals surface area contributed by atoms with Crippen molar-refractivity contribution in [1.29, 1.82) is 0 Å². The van der Waals surface area contributed by atoms with Crippen LogP contribution in [-0.4, -0.2) is 49.3 Å². The van der Waals surface area contributed by atoms with Gasteiger partial charge < -0.3 is 19.7 Å². The zero-order valence-corrected chi connectivity index (χ0v) is 28.2. The Morgan fingerprint density at radius 2 is 1.94 bits per heavy atom. The van der Waals surface area contributed by atoms with E-state index in [4.69, 9.17) is 19.4 Å². The van der Waals surface area contributed by atoms with Crippen LogP contribution >= 0.6 is 0 Å². The Kier molecular flexibility index (Phi) is 7.76. The normalized spacial score (nSPS) is 18.7. The molecule has 250 valence electrons. The summed E-state index contributed by atoms with van der Waals surface area (Å²) in [6.07, 6.45) is 5.25. The fraction of sp³-hybridized carbons (Fsp3) is 0.459. The number of aromatic nitrogens is 4. The number of aromatic amines is 1. The number of aryl methyl sites for hydroxylation is 1. The van der Waals surface area contributed by atoms with Gasteiger partial charge in [-0.2, -0.15) is 5.10 Å². The Labute approximate surface area is 279 Å². The maximum atomic E-state index is 15.0. The molecule has 4 heterocycles. The second-order valence-corrected chi connectivity index (χ2v) is 14.9. The average Bonchev–Trinajstić information content (AvgIpc) is 3.81. The maximum Gasteiger partial charge on any atom is 0.407 e. The first kappa shape index (κ1) is 31.8. The van der Waals surface area contributed by atoms with Gasteiger partial charge in [0.2, 0.25) is 11.8 Å². The minimum atomic E-state index is -0.770. The van der Waals surface area contributed by atoms with E-state index in [-0.39, 0.29) is 29.5 Å². The Bertz CT molecular complexity index is 1980. The number of H-pyrrole nitrogens is 1. The second kappa shape index (κ2) is 11.7. The maximum absolute atomic E-state index is 15.0. The molecule has 0 spiro atoms. The van der Waals surface area contributed by atoms with Crippen molar-refractivity contribution in [2.45, 2.75) is 102 Å². The number of alkyl carbamates (subject to hydrolysis) is 1. The second-order valence-electron chi connectivity index (χ2n) is 14.9. The number of amides is 2. The standard InChI is InChI=1S/C37H42N6O5/c1-35(2,3)48-34(46)39-19-28-26-18-23(11-13-25(26)31(44)42-41-28)37(15-16-37)33(45)43(29-10-6-8-22-9-7-17-38-30(22)29)20-24-12-14-27-32(40-24)47-21-36(27,4)5/h7,9,11-14,17-18,29H,6,8,10,15-16,19-21H2,1-5H3,(H,39,46)(H,42,44). The number of benzene rings is 1. The summed E-state index contributed by atoms with van der Waals surface area (Å²) in [4.78, 5) is 51.9. The zero-order valence-electron chi connectivity index (χ0n) is 28.2. The molecular weight excluding hydrogens is 608 g/mol. The number of fused-ring (bicyclic) bond motifs is 3. The lowest BCUT2D eigenvalue weighted by molar-refractivity contribution is -0.137. The summed E-state index contributed by atoms with van der Waals surface area (Å²) in [5, 5.41) is 10.6. The Morgan fingerprint density at radius 3 is 2.71 bits per heavy atom. The Balaban J connectivity index is 1.24. The smallest absolute Gasteiger partial charge is 0.407 e. The lowest BCUT2D eigenvalue weighted by atomic mass is 9.87. The molecule has 4 aromatic rings. The largest absolute Gasteiger partial charge is 0.477 e. The van der Waals surface area contributed by atoms with Gasteiger partial charge in [0.15, 0.2) is 0 Å². The molecule has 48 heavy (non-hydrogen) atoms. The molecule has 2 amide bonds. The first-order valence-electron chi connectivity index (χ1n) is 16.7. The molecule has 0 bridgehead atoms. The molecule has 11 heteroatoms. The van der Waals surface area contributed by atoms with Crippen LogP contribution in [0.2, 0.25) is 0 Å². The quantitative estimate of drug-likeness (QED) is 0.266. The molecule has 1 atom stereocenters. The van der Waals surface area contributed by atoms with Gasteiger partial charge in [-0.05, 0) is 88.3 Å². The van der Waals surface area contributed by atoms with Crippen molar-refractivity contribution >= 4 is 22.8 Å². The fourth-order valence-electron chi connectivity index (χ4n) is 7.05. The highest BCUT2D eigenvalue weighted by atomic mass is 16.6. The van der Waals surface area contributed by atoms with E-state index in [9.17, 15) is 14.4 Å². The summed E-state index contributed by atoms with van der Waals surface area (Å²) in [5.74, 6) is 0.646. The van der Waals surface area contributed by atoms with Gasteiger partial charge in [-0.1, -0.05) is 32.0 Å². The Hall–Kier alpha value is -4.80. The summed E-state index contributed by atoms with van der Waals surface area (Å²) in [6.45, 7) is 10.6. The zero-order chi connectivity index (χ0) is 33.8. The number of carbonyl (C=O) groups excluding carboxylic acids is 2. The third-order valence-corrected chi connectivity index (χ3v) is 9.73. The van der Waals surface area contributed by atoms with Gasteiger partial charge in [0, 0.05) is 22.6 Å². The van der Waals surface area contributed by atoms with Crippen LogP contribution in [0.5, 0.6) is 5.88 Å². The van der Waals surface area contributed by atoms with Crippen LogP contribution in [0, 0.1) is 0 Å². The Morgan fingerprint density at radius 1 is 1.12 bits per heavy atom. The molecular formula is C37H42N6O5. The topological polar surface area (TPSA) is 139 Å². The van der Waals surface area contributed by atoms with Crippen LogP contribution in [-0.2, 0) is 39.9 Å².